The van der Waals surface area contributed by atoms with Crippen LogP contribution in [0.15, 0.2) is 47.4 Å². The number of carboxylic acid groups (broad SMARTS) is 1. The first-order chi connectivity index (χ1) is 15.9. The summed E-state index contributed by atoms with van der Waals surface area (Å²) >= 11 is 0. The van der Waals surface area contributed by atoms with Crippen molar-refractivity contribution in [2.45, 2.75) is 25.1 Å². The van der Waals surface area contributed by atoms with Crippen molar-refractivity contribution in [3.63, 3.8) is 0 Å². The number of aromatic amines is 1. The summed E-state index contributed by atoms with van der Waals surface area (Å²) < 4.78 is 14.7. The van der Waals surface area contributed by atoms with Crippen LogP contribution in [-0.2, 0) is 6.54 Å². The van der Waals surface area contributed by atoms with Gasteiger partial charge in [-0.1, -0.05) is 30.3 Å². The zero-order valence-corrected chi connectivity index (χ0v) is 17.9. The summed E-state index contributed by atoms with van der Waals surface area (Å²) in [6.07, 6.45) is 1.26. The number of aliphatic hydroxyl groups is 1. The molecule has 3 aromatic rings. The van der Waals surface area contributed by atoms with Gasteiger partial charge in [0.05, 0.1) is 11.5 Å². The molecule has 0 saturated carbocycles. The first-order valence-electron chi connectivity index (χ1n) is 10.8. The van der Waals surface area contributed by atoms with E-state index in [0.29, 0.717) is 32.7 Å². The maximum Gasteiger partial charge on any atom is 0.341 e. The molecule has 0 amide bonds. The van der Waals surface area contributed by atoms with Crippen molar-refractivity contribution < 1.29 is 19.4 Å². The van der Waals surface area contributed by atoms with Gasteiger partial charge in [-0.2, -0.15) is 0 Å². The van der Waals surface area contributed by atoms with Crippen LogP contribution in [0.2, 0.25) is 0 Å². The molecule has 0 aliphatic carbocycles. The maximum absolute atomic E-state index is 14.7. The normalized spacial score (nSPS) is 16.9. The topological polar surface area (TPSA) is 131 Å². The molecule has 0 radical (unpaired) electrons. The van der Waals surface area contributed by atoms with Crippen LogP contribution in [0.4, 0.5) is 10.2 Å². The van der Waals surface area contributed by atoms with E-state index < -0.39 is 28.9 Å². The van der Waals surface area contributed by atoms with E-state index in [1.165, 1.54) is 0 Å². The van der Waals surface area contributed by atoms with Crippen LogP contribution in [0.5, 0.6) is 0 Å². The number of anilines is 1. The highest BCUT2D eigenvalue weighted by Gasteiger charge is 2.26. The number of carboxylic acids is 1. The molecule has 1 aromatic carbocycles. The molecule has 0 spiro atoms. The average Bonchev–Trinajstić information content (AvgIpc) is 3.27. The second kappa shape index (κ2) is 10.1. The number of aromatic carboxylic acids is 1. The number of hydrogen-bond acceptors (Lipinski definition) is 7. The second-order valence-electron chi connectivity index (χ2n) is 8.14. The van der Waals surface area contributed by atoms with E-state index in [1.54, 1.807) is 4.90 Å². The van der Waals surface area contributed by atoms with Gasteiger partial charge in [0.1, 0.15) is 11.2 Å². The quantitative estimate of drug-likeness (QED) is 0.324. The molecule has 9 nitrogen and oxygen atoms in total. The Balaban J connectivity index is 1.32. The number of hydrogen-bond donors (Lipinski definition) is 5. The van der Waals surface area contributed by atoms with Crippen LogP contribution in [0.1, 0.15) is 22.3 Å². The van der Waals surface area contributed by atoms with Crippen molar-refractivity contribution in [1.29, 1.82) is 0 Å². The first-order valence-corrected chi connectivity index (χ1v) is 10.8. The molecular formula is C23H26FN5O4. The monoisotopic (exact) mass is 455 g/mol. The smallest absolute Gasteiger partial charge is 0.341 e. The van der Waals surface area contributed by atoms with Gasteiger partial charge in [0.2, 0.25) is 5.43 Å². The van der Waals surface area contributed by atoms with Gasteiger partial charge in [-0.3, -0.25) is 4.79 Å². The molecule has 3 heterocycles. The predicted molar refractivity (Wildman–Crippen MR) is 122 cm³/mol. The Kier molecular flexibility index (Phi) is 6.97. The summed E-state index contributed by atoms with van der Waals surface area (Å²) in [4.78, 5) is 32.1. The van der Waals surface area contributed by atoms with E-state index in [0.717, 1.165) is 24.2 Å². The number of carbonyl (C=O) groups is 1. The number of H-pyrrole nitrogens is 1. The number of nitrogens with one attached hydrogen (secondary N) is 3. The summed E-state index contributed by atoms with van der Waals surface area (Å²) in [5.74, 6) is -1.95. The van der Waals surface area contributed by atoms with Crippen LogP contribution in [0.3, 0.4) is 0 Å². The lowest BCUT2D eigenvalue weighted by molar-refractivity contribution is 0.0695. The van der Waals surface area contributed by atoms with Gasteiger partial charge in [-0.25, -0.2) is 14.2 Å². The Bertz CT molecular complexity index is 1190. The van der Waals surface area contributed by atoms with Crippen molar-refractivity contribution in [2.24, 2.45) is 0 Å². The standard InChI is InChI=1S/C23H26FN5O4/c24-19-8-17-20(31)18(23(32)33)12-27-21(17)28-22(19)29-7-6-15(13-29)26-11-16(30)10-25-9-14-4-2-1-3-5-14/h1-5,8,12,15-16,25-26,30H,6-7,9-11,13H2,(H,32,33)(H,27,28,31). The number of aliphatic hydroxyl groups excluding tert-OH is 1. The predicted octanol–water partition coefficient (Wildman–Crippen LogP) is 1.08. The molecule has 174 valence electrons. The van der Waals surface area contributed by atoms with Crippen LogP contribution in [-0.4, -0.2) is 64.5 Å². The molecule has 2 atom stereocenters. The fraction of sp³-hybridized carbons (Fsp3) is 0.348. The van der Waals surface area contributed by atoms with Crippen molar-refractivity contribution in [2.75, 3.05) is 31.1 Å². The number of fused-ring (bicyclic) bond motifs is 1. The van der Waals surface area contributed by atoms with E-state index in [4.69, 9.17) is 5.11 Å². The summed E-state index contributed by atoms with van der Waals surface area (Å²) in [7, 11) is 0. The molecule has 10 heteroatoms. The van der Waals surface area contributed by atoms with Crippen LogP contribution in [0, 0.1) is 5.82 Å². The van der Waals surface area contributed by atoms with Gasteiger partial charge in [0.15, 0.2) is 11.6 Å². The lowest BCUT2D eigenvalue weighted by Gasteiger charge is -2.20. The van der Waals surface area contributed by atoms with Gasteiger partial charge in [0.25, 0.3) is 0 Å². The molecule has 0 bridgehead atoms. The number of benzene rings is 1. The van der Waals surface area contributed by atoms with Gasteiger partial charge < -0.3 is 30.7 Å². The molecule has 1 aliphatic heterocycles. The third-order valence-corrected chi connectivity index (χ3v) is 5.71. The van der Waals surface area contributed by atoms with Crippen molar-refractivity contribution in [3.05, 3.63) is 69.8 Å². The summed E-state index contributed by atoms with van der Waals surface area (Å²) in [5, 5.41) is 25.7. The minimum atomic E-state index is -1.38. The first kappa shape index (κ1) is 22.8. The Labute approximate surface area is 189 Å². The SMILES string of the molecule is O=C(O)c1c[nH]c2nc(N3CCC(NCC(O)CNCc4ccccc4)C3)c(F)cc2c1=O. The van der Waals surface area contributed by atoms with Gasteiger partial charge in [-0.05, 0) is 18.1 Å². The minimum Gasteiger partial charge on any atom is -0.477 e. The van der Waals surface area contributed by atoms with E-state index in [-0.39, 0.29) is 22.9 Å². The molecule has 4 rings (SSSR count). The minimum absolute atomic E-state index is 0.0547. The van der Waals surface area contributed by atoms with Gasteiger partial charge in [-0.15, -0.1) is 0 Å². The molecule has 1 saturated heterocycles. The zero-order chi connectivity index (χ0) is 23.4. The zero-order valence-electron chi connectivity index (χ0n) is 17.9. The van der Waals surface area contributed by atoms with E-state index in [9.17, 15) is 19.1 Å². The molecular weight excluding hydrogens is 429 g/mol. The van der Waals surface area contributed by atoms with Crippen LogP contribution < -0.4 is 21.0 Å². The van der Waals surface area contributed by atoms with Crippen molar-refractivity contribution in [3.8, 4) is 0 Å². The molecule has 1 fully saturated rings. The third-order valence-electron chi connectivity index (χ3n) is 5.71. The number of nitrogens with zero attached hydrogens (tertiary/aromatic N) is 2. The highest BCUT2D eigenvalue weighted by atomic mass is 19.1. The summed E-state index contributed by atoms with van der Waals surface area (Å²) in [6.45, 7) is 2.59. The molecule has 2 unspecified atom stereocenters. The summed E-state index contributed by atoms with van der Waals surface area (Å²) in [6, 6.07) is 11.0. The average molecular weight is 455 g/mol. The number of halogens is 1. The number of rotatable bonds is 9. The third kappa shape index (κ3) is 5.36. The highest BCUT2D eigenvalue weighted by Crippen LogP contribution is 2.24. The Morgan fingerprint density at radius 3 is 2.85 bits per heavy atom. The Morgan fingerprint density at radius 2 is 2.09 bits per heavy atom. The lowest BCUT2D eigenvalue weighted by atomic mass is 10.2. The Hall–Kier alpha value is -3.34. The molecule has 2 aromatic heterocycles. The van der Waals surface area contributed by atoms with E-state index in [2.05, 4.69) is 20.6 Å². The Morgan fingerprint density at radius 1 is 1.30 bits per heavy atom. The molecule has 1 aliphatic rings. The number of aromatic nitrogens is 2. The van der Waals surface area contributed by atoms with Crippen LogP contribution >= 0.6 is 0 Å². The lowest BCUT2D eigenvalue weighted by Crippen LogP contribution is -2.41. The fourth-order valence-electron chi connectivity index (χ4n) is 3.97. The fourth-order valence-corrected chi connectivity index (χ4v) is 3.97. The van der Waals surface area contributed by atoms with Gasteiger partial charge in [0, 0.05) is 45.0 Å². The molecule has 33 heavy (non-hydrogen) atoms. The highest BCUT2D eigenvalue weighted by molar-refractivity contribution is 5.91. The molecule has 5 N–H and O–H groups in total. The maximum atomic E-state index is 14.7. The van der Waals surface area contributed by atoms with Crippen molar-refractivity contribution in [1.82, 2.24) is 20.6 Å². The number of pyridine rings is 2. The van der Waals surface area contributed by atoms with E-state index >= 15 is 0 Å². The van der Waals surface area contributed by atoms with Crippen LogP contribution in [0.25, 0.3) is 11.0 Å². The van der Waals surface area contributed by atoms with Crippen molar-refractivity contribution >= 4 is 22.8 Å². The summed E-state index contributed by atoms with van der Waals surface area (Å²) in [5.41, 5.74) is 0.0518. The van der Waals surface area contributed by atoms with Gasteiger partial charge >= 0.3 is 5.97 Å². The second-order valence-corrected chi connectivity index (χ2v) is 8.14. The van der Waals surface area contributed by atoms with E-state index in [1.807, 2.05) is 30.3 Å². The largest absolute Gasteiger partial charge is 0.477 e.